The molecule has 0 bridgehead atoms. The van der Waals surface area contributed by atoms with E-state index in [1.807, 2.05) is 18.2 Å². The fourth-order valence-electron chi connectivity index (χ4n) is 2.22. The van der Waals surface area contributed by atoms with Crippen LogP contribution in [0.2, 0.25) is 0 Å². The van der Waals surface area contributed by atoms with E-state index >= 15 is 0 Å². The number of methoxy groups -OCH3 is 1. The Labute approximate surface area is 102 Å². The molecule has 0 unspecified atom stereocenters. The van der Waals surface area contributed by atoms with Crippen LogP contribution in [0.5, 0.6) is 11.5 Å². The predicted octanol–water partition coefficient (Wildman–Crippen LogP) is 3.68. The molecule has 0 aliphatic carbocycles. The number of aromatic hydroxyl groups is 1. The van der Waals surface area contributed by atoms with Crippen LogP contribution in [0, 0.1) is 0 Å². The Morgan fingerprint density at radius 3 is 2.29 bits per heavy atom. The van der Waals surface area contributed by atoms with Crippen LogP contribution in [0.3, 0.4) is 0 Å². The van der Waals surface area contributed by atoms with Gasteiger partial charge in [-0.25, -0.2) is 0 Å². The summed E-state index contributed by atoms with van der Waals surface area (Å²) in [6.07, 6.45) is 1.81. The molecule has 2 rings (SSSR count). The molecule has 0 fully saturated rings. The van der Waals surface area contributed by atoms with Crippen LogP contribution in [0.15, 0.2) is 24.3 Å². The number of hydrogen-bond acceptors (Lipinski definition) is 2. The zero-order chi connectivity index (χ0) is 12.4. The highest BCUT2D eigenvalue weighted by Crippen LogP contribution is 2.34. The molecule has 2 nitrogen and oxygen atoms in total. The molecule has 17 heavy (non-hydrogen) atoms. The van der Waals surface area contributed by atoms with Gasteiger partial charge in [-0.15, -0.1) is 0 Å². The first kappa shape index (κ1) is 11.8. The third-order valence-electron chi connectivity index (χ3n) is 3.24. The SMILES string of the molecule is CCc1cc(CC)c2ccc(OC)cc2c1O. The normalized spacial score (nSPS) is 10.8. The molecule has 0 aromatic heterocycles. The predicted molar refractivity (Wildman–Crippen MR) is 70.9 cm³/mol. The first-order valence-corrected chi connectivity index (χ1v) is 6.02. The molecule has 0 amide bonds. The molecule has 0 radical (unpaired) electrons. The van der Waals surface area contributed by atoms with E-state index in [9.17, 15) is 5.11 Å². The second kappa shape index (κ2) is 4.66. The topological polar surface area (TPSA) is 29.5 Å². The summed E-state index contributed by atoms with van der Waals surface area (Å²) in [5.74, 6) is 1.17. The molecule has 0 saturated carbocycles. The van der Waals surface area contributed by atoms with Gasteiger partial charge in [-0.1, -0.05) is 26.0 Å². The number of rotatable bonds is 3. The van der Waals surface area contributed by atoms with Gasteiger partial charge in [-0.2, -0.15) is 0 Å². The molecule has 0 spiro atoms. The number of benzene rings is 2. The van der Waals surface area contributed by atoms with E-state index < -0.39 is 0 Å². The third kappa shape index (κ3) is 1.95. The molecule has 2 heteroatoms. The molecule has 2 aromatic rings. The fourth-order valence-corrected chi connectivity index (χ4v) is 2.22. The first-order valence-electron chi connectivity index (χ1n) is 6.02. The van der Waals surface area contributed by atoms with Crippen molar-refractivity contribution >= 4 is 10.8 Å². The number of phenols is 1. The van der Waals surface area contributed by atoms with Gasteiger partial charge < -0.3 is 9.84 Å². The molecule has 0 aliphatic rings. The van der Waals surface area contributed by atoms with Crippen molar-refractivity contribution in [1.82, 2.24) is 0 Å². The average molecular weight is 230 g/mol. The molecule has 0 heterocycles. The lowest BCUT2D eigenvalue weighted by Gasteiger charge is -2.12. The largest absolute Gasteiger partial charge is 0.507 e. The fraction of sp³-hybridized carbons (Fsp3) is 0.333. The maximum atomic E-state index is 10.2. The first-order chi connectivity index (χ1) is 8.21. The number of hydrogen-bond donors (Lipinski definition) is 1. The van der Waals surface area contributed by atoms with Gasteiger partial charge in [0, 0.05) is 5.39 Å². The maximum Gasteiger partial charge on any atom is 0.126 e. The van der Waals surface area contributed by atoms with Crippen molar-refractivity contribution in [2.24, 2.45) is 0 Å². The highest BCUT2D eigenvalue weighted by molar-refractivity contribution is 5.93. The molecular formula is C15H18O2. The van der Waals surface area contributed by atoms with E-state index in [0.717, 1.165) is 34.9 Å². The molecular weight excluding hydrogens is 212 g/mol. The van der Waals surface area contributed by atoms with Crippen LogP contribution >= 0.6 is 0 Å². The van der Waals surface area contributed by atoms with Gasteiger partial charge in [-0.3, -0.25) is 0 Å². The van der Waals surface area contributed by atoms with Crippen molar-refractivity contribution in [2.45, 2.75) is 26.7 Å². The van der Waals surface area contributed by atoms with Crippen LogP contribution in [0.25, 0.3) is 10.8 Å². The summed E-state index contributed by atoms with van der Waals surface area (Å²) in [5, 5.41) is 12.2. The summed E-state index contributed by atoms with van der Waals surface area (Å²) >= 11 is 0. The summed E-state index contributed by atoms with van der Waals surface area (Å²) in [4.78, 5) is 0. The molecule has 0 aliphatic heterocycles. The summed E-state index contributed by atoms with van der Waals surface area (Å²) in [6.45, 7) is 4.19. The van der Waals surface area contributed by atoms with Crippen molar-refractivity contribution in [3.05, 3.63) is 35.4 Å². The molecule has 2 aromatic carbocycles. The van der Waals surface area contributed by atoms with Crippen molar-refractivity contribution in [3.63, 3.8) is 0 Å². The van der Waals surface area contributed by atoms with Crippen LogP contribution in [-0.4, -0.2) is 12.2 Å². The van der Waals surface area contributed by atoms with Crippen LogP contribution in [-0.2, 0) is 12.8 Å². The number of ether oxygens (including phenoxy) is 1. The highest BCUT2D eigenvalue weighted by Gasteiger charge is 2.10. The van der Waals surface area contributed by atoms with Gasteiger partial charge in [-0.05, 0) is 41.5 Å². The molecule has 0 atom stereocenters. The van der Waals surface area contributed by atoms with E-state index in [4.69, 9.17) is 4.74 Å². The lowest BCUT2D eigenvalue weighted by atomic mass is 9.96. The van der Waals surface area contributed by atoms with E-state index in [1.165, 1.54) is 5.56 Å². The Bertz CT molecular complexity index is 544. The summed E-state index contributed by atoms with van der Waals surface area (Å²) < 4.78 is 5.21. The Balaban J connectivity index is 2.80. The molecule has 1 N–H and O–H groups in total. The van der Waals surface area contributed by atoms with Gasteiger partial charge in [0.25, 0.3) is 0 Å². The second-order valence-electron chi connectivity index (χ2n) is 4.16. The quantitative estimate of drug-likeness (QED) is 0.871. The summed E-state index contributed by atoms with van der Waals surface area (Å²) in [5.41, 5.74) is 2.28. The minimum absolute atomic E-state index is 0.388. The van der Waals surface area contributed by atoms with Gasteiger partial charge in [0.05, 0.1) is 7.11 Å². The van der Waals surface area contributed by atoms with E-state index in [-0.39, 0.29) is 0 Å². The average Bonchev–Trinajstić information content (AvgIpc) is 2.39. The number of aryl methyl sites for hydroxylation is 2. The maximum absolute atomic E-state index is 10.2. The van der Waals surface area contributed by atoms with E-state index in [2.05, 4.69) is 19.9 Å². The zero-order valence-electron chi connectivity index (χ0n) is 10.6. The molecule has 90 valence electrons. The van der Waals surface area contributed by atoms with Gasteiger partial charge in [0.1, 0.15) is 11.5 Å². The zero-order valence-corrected chi connectivity index (χ0v) is 10.6. The Morgan fingerprint density at radius 1 is 1.00 bits per heavy atom. The van der Waals surface area contributed by atoms with Crippen LogP contribution in [0.4, 0.5) is 0 Å². The van der Waals surface area contributed by atoms with Crippen LogP contribution in [0.1, 0.15) is 25.0 Å². The van der Waals surface area contributed by atoms with Gasteiger partial charge in [0.2, 0.25) is 0 Å². The Morgan fingerprint density at radius 2 is 1.71 bits per heavy atom. The standard InChI is InChI=1S/C15H18O2/c1-4-10-8-11(5-2)15(16)14-9-12(17-3)6-7-13(10)14/h6-9,16H,4-5H2,1-3H3. The van der Waals surface area contributed by atoms with E-state index in [1.54, 1.807) is 7.11 Å². The van der Waals surface area contributed by atoms with Gasteiger partial charge in [0.15, 0.2) is 0 Å². The van der Waals surface area contributed by atoms with E-state index in [0.29, 0.717) is 5.75 Å². The Kier molecular flexibility index (Phi) is 3.23. The van der Waals surface area contributed by atoms with Crippen molar-refractivity contribution < 1.29 is 9.84 Å². The smallest absolute Gasteiger partial charge is 0.126 e. The highest BCUT2D eigenvalue weighted by atomic mass is 16.5. The minimum Gasteiger partial charge on any atom is -0.507 e. The van der Waals surface area contributed by atoms with Gasteiger partial charge >= 0.3 is 0 Å². The summed E-state index contributed by atoms with van der Waals surface area (Å²) in [7, 11) is 1.64. The minimum atomic E-state index is 0.388. The number of phenolic OH excluding ortho intramolecular Hbond substituents is 1. The van der Waals surface area contributed by atoms with Crippen molar-refractivity contribution in [2.75, 3.05) is 7.11 Å². The van der Waals surface area contributed by atoms with Crippen molar-refractivity contribution in [1.29, 1.82) is 0 Å². The molecule has 0 saturated heterocycles. The lowest BCUT2D eigenvalue weighted by molar-refractivity contribution is 0.415. The summed E-state index contributed by atoms with van der Waals surface area (Å²) in [6, 6.07) is 7.96. The second-order valence-corrected chi connectivity index (χ2v) is 4.16. The number of fused-ring (bicyclic) bond motifs is 1. The van der Waals surface area contributed by atoms with Crippen molar-refractivity contribution in [3.8, 4) is 11.5 Å². The lowest BCUT2D eigenvalue weighted by Crippen LogP contribution is -1.91. The third-order valence-corrected chi connectivity index (χ3v) is 3.24. The monoisotopic (exact) mass is 230 g/mol. The van der Waals surface area contributed by atoms with Crippen LogP contribution < -0.4 is 4.74 Å². The Hall–Kier alpha value is -1.70.